The summed E-state index contributed by atoms with van der Waals surface area (Å²) < 4.78 is 5.46. The molecular formula is C12H12ClN5O3. The zero-order chi connectivity index (χ0) is 15.4. The molecule has 8 nitrogen and oxygen atoms in total. The second-order valence-electron chi connectivity index (χ2n) is 4.12. The molecule has 0 spiro atoms. The van der Waals surface area contributed by atoms with Gasteiger partial charge in [-0.1, -0.05) is 11.6 Å². The Hall–Kier alpha value is -2.45. The van der Waals surface area contributed by atoms with Gasteiger partial charge in [0, 0.05) is 23.9 Å². The van der Waals surface area contributed by atoms with Crippen LogP contribution in [-0.2, 0) is 6.61 Å². The molecule has 0 aliphatic rings. The third kappa shape index (κ3) is 3.77. The number of hydrogen-bond donors (Lipinski definition) is 2. The van der Waals surface area contributed by atoms with Gasteiger partial charge in [0.2, 0.25) is 0 Å². The minimum atomic E-state index is -0.529. The molecule has 0 bridgehead atoms. The number of non-ortho nitro benzene ring substituents is 1. The highest BCUT2D eigenvalue weighted by Gasteiger charge is 2.11. The van der Waals surface area contributed by atoms with Crippen LogP contribution in [0.2, 0.25) is 5.02 Å². The first-order valence-electron chi connectivity index (χ1n) is 5.87. The molecule has 0 unspecified atom stereocenters. The van der Waals surface area contributed by atoms with Crippen LogP contribution in [0, 0.1) is 17.0 Å². The van der Waals surface area contributed by atoms with Gasteiger partial charge in [-0.3, -0.25) is 10.1 Å². The molecule has 3 N–H and O–H groups in total. The van der Waals surface area contributed by atoms with Crippen molar-refractivity contribution in [1.82, 2.24) is 9.97 Å². The fraction of sp³-hybridized carbons (Fsp3) is 0.167. The normalized spacial score (nSPS) is 10.2. The first-order valence-corrected chi connectivity index (χ1v) is 6.25. The van der Waals surface area contributed by atoms with Crippen molar-refractivity contribution in [1.29, 1.82) is 0 Å². The number of halogens is 1. The molecule has 0 radical (unpaired) electrons. The minimum absolute atomic E-state index is 0.0634. The number of benzene rings is 1. The topological polar surface area (TPSA) is 116 Å². The molecule has 110 valence electrons. The van der Waals surface area contributed by atoms with Gasteiger partial charge in [0.05, 0.1) is 9.95 Å². The van der Waals surface area contributed by atoms with E-state index >= 15 is 0 Å². The number of anilines is 1. The fourth-order valence-corrected chi connectivity index (χ4v) is 1.86. The number of nitrogens with zero attached hydrogens (tertiary/aromatic N) is 3. The van der Waals surface area contributed by atoms with E-state index in [1.165, 1.54) is 18.2 Å². The Kier molecular flexibility index (Phi) is 4.51. The quantitative estimate of drug-likeness (QED) is 0.494. The minimum Gasteiger partial charge on any atom is -0.484 e. The van der Waals surface area contributed by atoms with Crippen LogP contribution in [-0.4, -0.2) is 14.9 Å². The summed E-state index contributed by atoms with van der Waals surface area (Å²) in [6.45, 7) is 1.86. The van der Waals surface area contributed by atoms with Crippen LogP contribution in [0.15, 0.2) is 24.3 Å². The number of hydrogen-bond acceptors (Lipinski definition) is 7. The third-order valence-electron chi connectivity index (χ3n) is 2.53. The van der Waals surface area contributed by atoms with Crippen molar-refractivity contribution in [3.63, 3.8) is 0 Å². The summed E-state index contributed by atoms with van der Waals surface area (Å²) in [6, 6.07) is 5.65. The van der Waals surface area contributed by atoms with E-state index in [1.807, 2.05) is 0 Å². The predicted molar refractivity (Wildman–Crippen MR) is 77.0 cm³/mol. The molecule has 2 rings (SSSR count). The second kappa shape index (κ2) is 6.33. The lowest BCUT2D eigenvalue weighted by atomic mass is 10.3. The van der Waals surface area contributed by atoms with E-state index in [0.29, 0.717) is 17.4 Å². The predicted octanol–water partition coefficient (Wildman–Crippen LogP) is 2.21. The summed E-state index contributed by atoms with van der Waals surface area (Å²) in [5.41, 5.74) is 3.06. The highest BCUT2D eigenvalue weighted by Crippen LogP contribution is 2.29. The summed E-state index contributed by atoms with van der Waals surface area (Å²) in [5, 5.41) is 10.8. The molecule has 21 heavy (non-hydrogen) atoms. The molecule has 0 aliphatic carbocycles. The van der Waals surface area contributed by atoms with Crippen LogP contribution in [0.3, 0.4) is 0 Å². The van der Waals surface area contributed by atoms with E-state index in [9.17, 15) is 10.1 Å². The second-order valence-corrected chi connectivity index (χ2v) is 4.52. The number of nitrogens with two attached hydrogens (primary N) is 1. The first kappa shape index (κ1) is 14.9. The SMILES string of the molecule is Cc1cc(NN)nc(COc2ccc([N+](=O)[O-])cc2Cl)n1. The van der Waals surface area contributed by atoms with Crippen LogP contribution >= 0.6 is 11.6 Å². The van der Waals surface area contributed by atoms with Crippen molar-refractivity contribution in [3.8, 4) is 5.75 Å². The standard InChI is InChI=1S/C12H12ClN5O3/c1-7-4-11(17-14)16-12(15-7)6-21-10-3-2-8(18(19)20)5-9(10)13/h2-5H,6,14H2,1H3,(H,15,16,17). The van der Waals surface area contributed by atoms with Crippen molar-refractivity contribution >= 4 is 23.1 Å². The summed E-state index contributed by atoms with van der Waals surface area (Å²) >= 11 is 5.93. The molecule has 0 saturated carbocycles. The number of ether oxygens (including phenoxy) is 1. The van der Waals surface area contributed by atoms with E-state index < -0.39 is 4.92 Å². The largest absolute Gasteiger partial charge is 0.484 e. The Balaban J connectivity index is 2.13. The van der Waals surface area contributed by atoms with E-state index in [1.54, 1.807) is 13.0 Å². The zero-order valence-electron chi connectivity index (χ0n) is 11.0. The number of aryl methyl sites for hydroxylation is 1. The molecule has 0 saturated heterocycles. The van der Waals surface area contributed by atoms with Crippen LogP contribution < -0.4 is 16.0 Å². The van der Waals surface area contributed by atoms with Gasteiger partial charge in [0.15, 0.2) is 5.82 Å². The lowest BCUT2D eigenvalue weighted by molar-refractivity contribution is -0.384. The lowest BCUT2D eigenvalue weighted by Gasteiger charge is -2.08. The van der Waals surface area contributed by atoms with E-state index in [-0.39, 0.29) is 17.3 Å². The maximum Gasteiger partial charge on any atom is 0.271 e. The van der Waals surface area contributed by atoms with Crippen molar-refractivity contribution < 1.29 is 9.66 Å². The Morgan fingerprint density at radius 3 is 2.81 bits per heavy atom. The van der Waals surface area contributed by atoms with E-state index in [0.717, 1.165) is 5.69 Å². The molecule has 0 amide bonds. The fourth-order valence-electron chi connectivity index (χ4n) is 1.63. The summed E-state index contributed by atoms with van der Waals surface area (Å²) in [6.07, 6.45) is 0. The molecule has 1 heterocycles. The van der Waals surface area contributed by atoms with Crippen LogP contribution in [0.5, 0.6) is 5.75 Å². The van der Waals surface area contributed by atoms with Crippen molar-refractivity contribution in [2.75, 3.05) is 5.43 Å². The highest BCUT2D eigenvalue weighted by atomic mass is 35.5. The molecule has 0 aliphatic heterocycles. The van der Waals surface area contributed by atoms with E-state index in [2.05, 4.69) is 15.4 Å². The van der Waals surface area contributed by atoms with Gasteiger partial charge in [0.25, 0.3) is 5.69 Å². The number of nitrogens with one attached hydrogen (secondary N) is 1. The molecule has 2 aromatic rings. The molecule has 0 fully saturated rings. The maximum absolute atomic E-state index is 10.6. The molecular weight excluding hydrogens is 298 g/mol. The lowest BCUT2D eigenvalue weighted by Crippen LogP contribution is -2.12. The average molecular weight is 310 g/mol. The molecule has 1 aromatic heterocycles. The van der Waals surface area contributed by atoms with Gasteiger partial charge < -0.3 is 10.2 Å². The van der Waals surface area contributed by atoms with Gasteiger partial charge in [-0.25, -0.2) is 15.8 Å². The smallest absolute Gasteiger partial charge is 0.271 e. The number of aromatic nitrogens is 2. The van der Waals surface area contributed by atoms with Crippen molar-refractivity contribution in [2.24, 2.45) is 5.84 Å². The third-order valence-corrected chi connectivity index (χ3v) is 2.83. The molecule has 0 atom stereocenters. The van der Waals surface area contributed by atoms with Gasteiger partial charge in [0.1, 0.15) is 18.2 Å². The summed E-state index contributed by atoms with van der Waals surface area (Å²) in [7, 11) is 0. The Bertz CT molecular complexity index is 680. The van der Waals surface area contributed by atoms with Gasteiger partial charge in [-0.15, -0.1) is 0 Å². The Labute approximate surface area is 125 Å². The Morgan fingerprint density at radius 2 is 2.19 bits per heavy atom. The van der Waals surface area contributed by atoms with Gasteiger partial charge in [-0.2, -0.15) is 0 Å². The monoisotopic (exact) mass is 309 g/mol. The number of nitro benzene ring substituents is 1. The maximum atomic E-state index is 10.6. The number of rotatable bonds is 5. The van der Waals surface area contributed by atoms with Gasteiger partial charge >= 0.3 is 0 Å². The number of nitro groups is 1. The average Bonchev–Trinajstić information content (AvgIpc) is 2.45. The van der Waals surface area contributed by atoms with Crippen molar-refractivity contribution in [3.05, 3.63) is 50.9 Å². The zero-order valence-corrected chi connectivity index (χ0v) is 11.8. The summed E-state index contributed by atoms with van der Waals surface area (Å²) in [5.74, 6) is 6.50. The van der Waals surface area contributed by atoms with E-state index in [4.69, 9.17) is 22.2 Å². The molecule has 1 aromatic carbocycles. The van der Waals surface area contributed by atoms with Gasteiger partial charge in [-0.05, 0) is 13.0 Å². The van der Waals surface area contributed by atoms with Crippen LogP contribution in [0.1, 0.15) is 11.5 Å². The number of hydrazine groups is 1. The van der Waals surface area contributed by atoms with Crippen molar-refractivity contribution in [2.45, 2.75) is 13.5 Å². The Morgan fingerprint density at radius 1 is 1.43 bits per heavy atom. The van der Waals surface area contributed by atoms with Crippen LogP contribution in [0.25, 0.3) is 0 Å². The highest BCUT2D eigenvalue weighted by molar-refractivity contribution is 6.32. The molecule has 9 heteroatoms. The summed E-state index contributed by atoms with van der Waals surface area (Å²) in [4.78, 5) is 18.4. The number of nitrogen functional groups attached to an aromatic ring is 1. The first-order chi connectivity index (χ1) is 9.99. The van der Waals surface area contributed by atoms with Crippen LogP contribution in [0.4, 0.5) is 11.5 Å².